The van der Waals surface area contributed by atoms with Gasteiger partial charge in [0, 0.05) is 12.7 Å². The molecule has 22 heavy (non-hydrogen) atoms. The van der Waals surface area contributed by atoms with E-state index in [9.17, 15) is 18.0 Å². The van der Waals surface area contributed by atoms with Gasteiger partial charge >= 0.3 is 12.1 Å². The summed E-state index contributed by atoms with van der Waals surface area (Å²) >= 11 is 5.92. The van der Waals surface area contributed by atoms with Gasteiger partial charge in [0.15, 0.2) is 6.10 Å². The first kappa shape index (κ1) is 16.8. The third-order valence-electron chi connectivity index (χ3n) is 3.17. The lowest BCUT2D eigenvalue weighted by atomic mass is 10.2. The van der Waals surface area contributed by atoms with Crippen molar-refractivity contribution >= 4 is 23.4 Å². The predicted molar refractivity (Wildman–Crippen MR) is 72.8 cm³/mol. The van der Waals surface area contributed by atoms with Gasteiger partial charge in [-0.05, 0) is 13.0 Å². The molecule has 0 aromatic carbocycles. The van der Waals surface area contributed by atoms with Crippen LogP contribution in [0.3, 0.4) is 0 Å². The molecule has 1 aliphatic heterocycles. The second-order valence-electron chi connectivity index (χ2n) is 4.89. The number of esters is 1. The van der Waals surface area contributed by atoms with E-state index < -0.39 is 23.8 Å². The first-order chi connectivity index (χ1) is 10.2. The molecule has 2 rings (SSSR count). The van der Waals surface area contributed by atoms with E-state index in [1.54, 1.807) is 11.8 Å². The van der Waals surface area contributed by atoms with Gasteiger partial charge in [-0.1, -0.05) is 11.6 Å². The van der Waals surface area contributed by atoms with Crippen molar-refractivity contribution in [2.24, 2.45) is 0 Å². The molecule has 0 unspecified atom stereocenters. The highest BCUT2D eigenvalue weighted by molar-refractivity contribution is 6.33. The predicted octanol–water partition coefficient (Wildman–Crippen LogP) is 2.52. The fraction of sp³-hybridized carbons (Fsp3) is 0.538. The summed E-state index contributed by atoms with van der Waals surface area (Å²) in [5.41, 5.74) is -0.924. The van der Waals surface area contributed by atoms with Gasteiger partial charge in [-0.15, -0.1) is 0 Å². The van der Waals surface area contributed by atoms with Crippen molar-refractivity contribution in [2.75, 3.05) is 25.1 Å². The van der Waals surface area contributed by atoms with Crippen LogP contribution >= 0.6 is 11.6 Å². The molecule has 1 aromatic rings. The molecule has 2 heterocycles. The molecule has 0 radical (unpaired) electrons. The summed E-state index contributed by atoms with van der Waals surface area (Å²) in [7, 11) is 1.23. The lowest BCUT2D eigenvalue weighted by Gasteiger charge is -2.36. The van der Waals surface area contributed by atoms with E-state index in [2.05, 4.69) is 9.72 Å². The zero-order chi connectivity index (χ0) is 16.5. The van der Waals surface area contributed by atoms with E-state index in [0.29, 0.717) is 12.7 Å². The average Bonchev–Trinajstić information content (AvgIpc) is 2.44. The Labute approximate surface area is 130 Å². The van der Waals surface area contributed by atoms with Crippen LogP contribution in [0.1, 0.15) is 12.5 Å². The fourth-order valence-electron chi connectivity index (χ4n) is 2.20. The number of nitrogens with zero attached hydrogens (tertiary/aromatic N) is 2. The Bertz CT molecular complexity index is 568. The number of rotatable bonds is 2. The molecule has 0 aliphatic carbocycles. The molecule has 1 saturated heterocycles. The van der Waals surface area contributed by atoms with Crippen LogP contribution in [0.15, 0.2) is 12.3 Å². The topological polar surface area (TPSA) is 51.7 Å². The summed E-state index contributed by atoms with van der Waals surface area (Å²) in [5.74, 6) is -0.377. The number of halogens is 4. The molecule has 0 spiro atoms. The maximum absolute atomic E-state index is 12.6. The largest absolute Gasteiger partial charge is 0.467 e. The fourth-order valence-corrected chi connectivity index (χ4v) is 2.49. The Morgan fingerprint density at radius 3 is 2.73 bits per heavy atom. The summed E-state index contributed by atoms with van der Waals surface area (Å²) in [4.78, 5) is 17.0. The zero-order valence-electron chi connectivity index (χ0n) is 11.9. The minimum Gasteiger partial charge on any atom is -0.467 e. The van der Waals surface area contributed by atoms with Gasteiger partial charge in [-0.25, -0.2) is 9.78 Å². The molecule has 9 heteroatoms. The quantitative estimate of drug-likeness (QED) is 0.776. The van der Waals surface area contributed by atoms with Crippen LogP contribution in [0.5, 0.6) is 0 Å². The summed E-state index contributed by atoms with van der Waals surface area (Å²) < 4.78 is 47.9. The minimum absolute atomic E-state index is 0.106. The van der Waals surface area contributed by atoms with Gasteiger partial charge in [0.1, 0.15) is 5.82 Å². The first-order valence-electron chi connectivity index (χ1n) is 6.43. The number of carbonyl (C=O) groups is 1. The molecule has 5 nitrogen and oxygen atoms in total. The molecular formula is C13H14ClF3N2O3. The second kappa shape index (κ2) is 6.29. The van der Waals surface area contributed by atoms with Gasteiger partial charge in [0.05, 0.1) is 30.3 Å². The van der Waals surface area contributed by atoms with Gasteiger partial charge in [-0.3, -0.25) is 0 Å². The Balaban J connectivity index is 2.25. The van der Waals surface area contributed by atoms with Crippen molar-refractivity contribution in [3.8, 4) is 0 Å². The molecule has 1 fully saturated rings. The smallest absolute Gasteiger partial charge is 0.417 e. The number of aromatic nitrogens is 1. The zero-order valence-corrected chi connectivity index (χ0v) is 12.6. The number of anilines is 1. The highest BCUT2D eigenvalue weighted by Crippen LogP contribution is 2.34. The number of pyridine rings is 1. The standard InChI is InChI=1S/C13H14ClF3N2O3/c1-7-5-19(6-10(22-7)12(20)21-2)11-9(14)3-8(4-18-11)13(15,16)17/h3-4,7,10H,5-6H2,1-2H3/t7-,10-/m1/s1. The first-order valence-corrected chi connectivity index (χ1v) is 6.81. The van der Waals surface area contributed by atoms with E-state index in [4.69, 9.17) is 16.3 Å². The van der Waals surface area contributed by atoms with E-state index in [1.807, 2.05) is 0 Å². The Hall–Kier alpha value is -1.54. The van der Waals surface area contributed by atoms with E-state index in [1.165, 1.54) is 7.11 Å². The summed E-state index contributed by atoms with van der Waals surface area (Å²) in [5, 5.41) is -0.132. The third kappa shape index (κ3) is 3.61. The van der Waals surface area contributed by atoms with Crippen molar-refractivity contribution in [3.05, 3.63) is 22.8 Å². The maximum atomic E-state index is 12.6. The van der Waals surface area contributed by atoms with Crippen LogP contribution in [-0.2, 0) is 20.4 Å². The molecule has 0 N–H and O–H groups in total. The lowest BCUT2D eigenvalue weighted by Crippen LogP contribution is -2.50. The molecule has 1 aliphatic rings. The van der Waals surface area contributed by atoms with Crippen LogP contribution in [0, 0.1) is 0 Å². The van der Waals surface area contributed by atoms with Crippen LogP contribution in [0.25, 0.3) is 0 Å². The number of methoxy groups -OCH3 is 1. The van der Waals surface area contributed by atoms with Crippen LogP contribution in [0.4, 0.5) is 19.0 Å². The van der Waals surface area contributed by atoms with Gasteiger partial charge in [-0.2, -0.15) is 13.2 Å². The highest BCUT2D eigenvalue weighted by atomic mass is 35.5. The van der Waals surface area contributed by atoms with Crippen molar-refractivity contribution in [2.45, 2.75) is 25.3 Å². The number of hydrogen-bond acceptors (Lipinski definition) is 5. The monoisotopic (exact) mass is 338 g/mol. The SMILES string of the molecule is COC(=O)[C@H]1CN(c2ncc(C(F)(F)F)cc2Cl)C[C@@H](C)O1. The molecular weight excluding hydrogens is 325 g/mol. The van der Waals surface area contributed by atoms with Gasteiger partial charge < -0.3 is 14.4 Å². The van der Waals surface area contributed by atoms with Gasteiger partial charge in [0.25, 0.3) is 0 Å². The van der Waals surface area contributed by atoms with Crippen molar-refractivity contribution in [1.29, 1.82) is 0 Å². The molecule has 2 atom stereocenters. The molecule has 0 amide bonds. The van der Waals surface area contributed by atoms with Crippen molar-refractivity contribution in [3.63, 3.8) is 0 Å². The number of hydrogen-bond donors (Lipinski definition) is 0. The minimum atomic E-state index is -4.51. The van der Waals surface area contributed by atoms with Gasteiger partial charge in [0.2, 0.25) is 0 Å². The second-order valence-corrected chi connectivity index (χ2v) is 5.30. The molecule has 0 bridgehead atoms. The van der Waals surface area contributed by atoms with Crippen LogP contribution < -0.4 is 4.90 Å². The Kier molecular flexibility index (Phi) is 4.81. The van der Waals surface area contributed by atoms with E-state index in [0.717, 1.165) is 6.07 Å². The summed E-state index contributed by atoms with van der Waals surface area (Å²) in [6.07, 6.45) is -4.96. The maximum Gasteiger partial charge on any atom is 0.417 e. The van der Waals surface area contributed by atoms with Crippen molar-refractivity contribution in [1.82, 2.24) is 4.98 Å². The summed E-state index contributed by atoms with van der Waals surface area (Å²) in [6, 6.07) is 0.817. The number of carbonyl (C=O) groups excluding carboxylic acids is 1. The average molecular weight is 339 g/mol. The van der Waals surface area contributed by atoms with E-state index in [-0.39, 0.29) is 23.5 Å². The van der Waals surface area contributed by atoms with Crippen molar-refractivity contribution < 1.29 is 27.4 Å². The third-order valence-corrected chi connectivity index (χ3v) is 3.45. The lowest BCUT2D eigenvalue weighted by molar-refractivity contribution is -0.158. The highest BCUT2D eigenvalue weighted by Gasteiger charge is 2.35. The molecule has 1 aromatic heterocycles. The number of ether oxygens (including phenoxy) is 2. The molecule has 0 saturated carbocycles. The number of alkyl halides is 3. The summed E-state index contributed by atoms with van der Waals surface area (Å²) in [6.45, 7) is 2.20. The Morgan fingerprint density at radius 1 is 1.50 bits per heavy atom. The Morgan fingerprint density at radius 2 is 2.18 bits per heavy atom. The van der Waals surface area contributed by atoms with Crippen LogP contribution in [0.2, 0.25) is 5.02 Å². The molecule has 122 valence electrons. The van der Waals surface area contributed by atoms with Crippen LogP contribution in [-0.4, -0.2) is 43.4 Å². The number of morpholine rings is 1. The van der Waals surface area contributed by atoms with E-state index >= 15 is 0 Å². The normalized spacial score (nSPS) is 22.5.